The zero-order chi connectivity index (χ0) is 25.7. The number of methoxy groups -OCH3 is 1. The minimum absolute atomic E-state index is 0.117. The Morgan fingerprint density at radius 2 is 1.81 bits per heavy atom. The van der Waals surface area contributed by atoms with E-state index in [4.69, 9.17) is 16.3 Å². The van der Waals surface area contributed by atoms with Crippen LogP contribution in [0.1, 0.15) is 12.0 Å². The number of halogens is 1. The molecule has 0 saturated carbocycles. The van der Waals surface area contributed by atoms with Gasteiger partial charge in [0.25, 0.3) is 0 Å². The number of aryl methyl sites for hydroxylation is 1. The molecule has 2 aliphatic heterocycles. The number of anilines is 2. The Kier molecular flexibility index (Phi) is 8.32. The van der Waals surface area contributed by atoms with Crippen molar-refractivity contribution >= 4 is 40.7 Å². The highest BCUT2D eigenvalue weighted by Gasteiger charge is 2.35. The van der Waals surface area contributed by atoms with Gasteiger partial charge in [0.15, 0.2) is 0 Å². The molecule has 1 unspecified atom stereocenters. The predicted molar refractivity (Wildman–Crippen MR) is 140 cm³/mol. The molecule has 36 heavy (non-hydrogen) atoms. The maximum atomic E-state index is 13.2. The topological polar surface area (TPSA) is 94.2 Å². The van der Waals surface area contributed by atoms with Crippen molar-refractivity contribution in [2.75, 3.05) is 63.1 Å². The first-order valence-electron chi connectivity index (χ1n) is 12.1. The number of amides is 3. The number of carbonyl (C=O) groups excluding carboxylic acids is 3. The molecule has 1 atom stereocenters. The molecule has 192 valence electrons. The molecule has 2 aliphatic rings. The molecule has 4 rings (SSSR count). The van der Waals surface area contributed by atoms with Crippen LogP contribution in [0.3, 0.4) is 0 Å². The van der Waals surface area contributed by atoms with Crippen molar-refractivity contribution < 1.29 is 19.1 Å². The first-order valence-corrected chi connectivity index (χ1v) is 12.5. The van der Waals surface area contributed by atoms with Gasteiger partial charge in [-0.3, -0.25) is 19.3 Å². The van der Waals surface area contributed by atoms with E-state index in [0.717, 1.165) is 43.2 Å². The van der Waals surface area contributed by atoms with Crippen LogP contribution >= 0.6 is 11.6 Å². The van der Waals surface area contributed by atoms with Gasteiger partial charge in [-0.15, -0.1) is 0 Å². The van der Waals surface area contributed by atoms with Crippen LogP contribution in [0.5, 0.6) is 5.75 Å². The standard InChI is InChI=1S/C26H32ClN5O4/c1-18-3-4-19(15-22(18)27)29-24(33)16-23-26(35)28-9-10-32(23)25(34)17-30-11-13-31(14-12-30)20-5-7-21(36-2)8-6-20/h3-8,15,23H,9-14,16-17H2,1-2H3,(H,28,35)(H,29,33). The summed E-state index contributed by atoms with van der Waals surface area (Å²) in [7, 11) is 1.65. The smallest absolute Gasteiger partial charge is 0.243 e. The summed E-state index contributed by atoms with van der Waals surface area (Å²) < 4.78 is 5.23. The number of nitrogens with one attached hydrogen (secondary N) is 2. The highest BCUT2D eigenvalue weighted by molar-refractivity contribution is 6.31. The van der Waals surface area contributed by atoms with Crippen LogP contribution in [0.25, 0.3) is 0 Å². The first-order chi connectivity index (χ1) is 17.3. The van der Waals surface area contributed by atoms with Crippen molar-refractivity contribution in [2.45, 2.75) is 19.4 Å². The van der Waals surface area contributed by atoms with Crippen molar-refractivity contribution in [3.05, 3.63) is 53.1 Å². The van der Waals surface area contributed by atoms with E-state index in [1.165, 1.54) is 4.90 Å². The highest BCUT2D eigenvalue weighted by Crippen LogP contribution is 2.22. The Morgan fingerprint density at radius 3 is 2.47 bits per heavy atom. The number of benzene rings is 2. The number of rotatable bonds is 7. The van der Waals surface area contributed by atoms with Gasteiger partial charge in [-0.25, -0.2) is 0 Å². The number of hydrogen-bond acceptors (Lipinski definition) is 6. The summed E-state index contributed by atoms with van der Waals surface area (Å²) in [6.07, 6.45) is -0.117. The second kappa shape index (κ2) is 11.6. The highest BCUT2D eigenvalue weighted by atomic mass is 35.5. The summed E-state index contributed by atoms with van der Waals surface area (Å²) in [5.74, 6) is 0.0252. The average molecular weight is 514 g/mol. The molecule has 0 aromatic heterocycles. The Bertz CT molecular complexity index is 1100. The summed E-state index contributed by atoms with van der Waals surface area (Å²) >= 11 is 6.14. The van der Waals surface area contributed by atoms with Crippen molar-refractivity contribution in [2.24, 2.45) is 0 Å². The third-order valence-electron chi connectivity index (χ3n) is 6.65. The van der Waals surface area contributed by atoms with Crippen LogP contribution in [-0.2, 0) is 14.4 Å². The minimum atomic E-state index is -0.840. The van der Waals surface area contributed by atoms with Gasteiger partial charge >= 0.3 is 0 Å². The van der Waals surface area contributed by atoms with Crippen LogP contribution in [0.4, 0.5) is 11.4 Å². The van der Waals surface area contributed by atoms with E-state index in [1.807, 2.05) is 37.3 Å². The minimum Gasteiger partial charge on any atom is -0.497 e. The zero-order valence-electron chi connectivity index (χ0n) is 20.6. The first kappa shape index (κ1) is 25.8. The van der Waals surface area contributed by atoms with Gasteiger partial charge in [-0.05, 0) is 48.9 Å². The van der Waals surface area contributed by atoms with Gasteiger partial charge in [0.2, 0.25) is 17.7 Å². The van der Waals surface area contributed by atoms with Gasteiger partial charge in [-0.1, -0.05) is 17.7 Å². The van der Waals surface area contributed by atoms with Crippen LogP contribution in [0.2, 0.25) is 5.02 Å². The molecule has 2 fully saturated rings. The second-order valence-electron chi connectivity index (χ2n) is 9.07. The summed E-state index contributed by atoms with van der Waals surface area (Å²) in [6.45, 7) is 5.91. The Labute approximate surface area is 216 Å². The molecule has 10 heteroatoms. The molecule has 0 radical (unpaired) electrons. The number of carbonyl (C=O) groups is 3. The third-order valence-corrected chi connectivity index (χ3v) is 7.06. The normalized spacial score (nSPS) is 18.5. The lowest BCUT2D eigenvalue weighted by molar-refractivity contribution is -0.145. The molecule has 0 aliphatic carbocycles. The molecule has 9 nitrogen and oxygen atoms in total. The maximum Gasteiger partial charge on any atom is 0.243 e. The van der Waals surface area contributed by atoms with Crippen LogP contribution in [0.15, 0.2) is 42.5 Å². The third kappa shape index (κ3) is 6.27. The Balaban J connectivity index is 1.31. The molecule has 2 aromatic carbocycles. The van der Waals surface area contributed by atoms with E-state index in [9.17, 15) is 14.4 Å². The van der Waals surface area contributed by atoms with Crippen LogP contribution in [0, 0.1) is 6.92 Å². The van der Waals surface area contributed by atoms with E-state index in [-0.39, 0.29) is 30.7 Å². The number of hydrogen-bond donors (Lipinski definition) is 2. The van der Waals surface area contributed by atoms with Gasteiger partial charge in [0.1, 0.15) is 11.8 Å². The van der Waals surface area contributed by atoms with Gasteiger partial charge in [0, 0.05) is 55.7 Å². The molecule has 2 aromatic rings. The van der Waals surface area contributed by atoms with E-state index in [2.05, 4.69) is 20.4 Å². The number of nitrogens with zero attached hydrogens (tertiary/aromatic N) is 3. The molecule has 3 amide bonds. The molecule has 2 saturated heterocycles. The van der Waals surface area contributed by atoms with Crippen molar-refractivity contribution in [1.82, 2.24) is 15.1 Å². The molecular weight excluding hydrogens is 482 g/mol. The summed E-state index contributed by atoms with van der Waals surface area (Å²) in [5.41, 5.74) is 2.58. The van der Waals surface area contributed by atoms with Crippen molar-refractivity contribution in [3.8, 4) is 5.75 Å². The van der Waals surface area contributed by atoms with Crippen LogP contribution in [-0.4, -0.2) is 86.5 Å². The molecular formula is C26H32ClN5O4. The molecule has 0 spiro atoms. The summed E-state index contributed by atoms with van der Waals surface area (Å²) in [4.78, 5) is 44.4. The van der Waals surface area contributed by atoms with Gasteiger partial charge < -0.3 is 25.2 Å². The largest absolute Gasteiger partial charge is 0.497 e. The van der Waals surface area contributed by atoms with E-state index < -0.39 is 6.04 Å². The second-order valence-corrected chi connectivity index (χ2v) is 9.48. The Morgan fingerprint density at radius 1 is 1.08 bits per heavy atom. The molecule has 2 N–H and O–H groups in total. The monoisotopic (exact) mass is 513 g/mol. The SMILES string of the molecule is COc1ccc(N2CCN(CC(=O)N3CCNC(=O)C3CC(=O)Nc3ccc(C)c(Cl)c3)CC2)cc1. The molecule has 0 bridgehead atoms. The van der Waals surface area contributed by atoms with E-state index >= 15 is 0 Å². The van der Waals surface area contributed by atoms with Crippen molar-refractivity contribution in [1.29, 1.82) is 0 Å². The average Bonchev–Trinajstić information content (AvgIpc) is 2.88. The quantitative estimate of drug-likeness (QED) is 0.589. The number of ether oxygens (including phenoxy) is 1. The summed E-state index contributed by atoms with van der Waals surface area (Å²) in [5, 5.41) is 6.10. The number of piperazine rings is 2. The fourth-order valence-electron chi connectivity index (χ4n) is 4.51. The van der Waals surface area contributed by atoms with Crippen LogP contribution < -0.4 is 20.3 Å². The lowest BCUT2D eigenvalue weighted by Gasteiger charge is -2.39. The lowest BCUT2D eigenvalue weighted by Crippen LogP contribution is -2.60. The Hall–Kier alpha value is -3.30. The van der Waals surface area contributed by atoms with Gasteiger partial charge in [0.05, 0.1) is 20.1 Å². The predicted octanol–water partition coefficient (Wildman–Crippen LogP) is 2.13. The lowest BCUT2D eigenvalue weighted by atomic mass is 10.1. The fraction of sp³-hybridized carbons (Fsp3) is 0.423. The van der Waals surface area contributed by atoms with Crippen molar-refractivity contribution in [3.63, 3.8) is 0 Å². The molecule has 2 heterocycles. The maximum absolute atomic E-state index is 13.2. The fourth-order valence-corrected chi connectivity index (χ4v) is 4.69. The summed E-state index contributed by atoms with van der Waals surface area (Å²) in [6, 6.07) is 12.4. The zero-order valence-corrected chi connectivity index (χ0v) is 21.4. The van der Waals surface area contributed by atoms with E-state index in [1.54, 1.807) is 19.2 Å². The van der Waals surface area contributed by atoms with Gasteiger partial charge in [-0.2, -0.15) is 0 Å². The van der Waals surface area contributed by atoms with E-state index in [0.29, 0.717) is 23.8 Å².